The van der Waals surface area contributed by atoms with E-state index in [1.807, 2.05) is 0 Å². The Labute approximate surface area is 199 Å². The minimum Gasteiger partial charge on any atom is -0.322 e. The molecule has 7 heteroatoms. The molecule has 0 saturated carbocycles. The molecule has 0 aromatic heterocycles. The van der Waals surface area contributed by atoms with Crippen LogP contribution < -0.4 is 5.32 Å². The van der Waals surface area contributed by atoms with Gasteiger partial charge in [0.15, 0.2) is 0 Å². The van der Waals surface area contributed by atoms with Gasteiger partial charge in [0.05, 0.1) is 0 Å². The van der Waals surface area contributed by atoms with Gasteiger partial charge in [-0.05, 0) is 80.9 Å². The van der Waals surface area contributed by atoms with Crippen LogP contribution in [0.1, 0.15) is 69.8 Å². The van der Waals surface area contributed by atoms with Gasteiger partial charge in [0, 0.05) is 25.1 Å². The smallest absolute Gasteiger partial charge is 0.255 e. The average Bonchev–Trinajstić information content (AvgIpc) is 3.09. The Balaban J connectivity index is 1.31. The molecule has 1 N–H and O–H groups in total. The first-order valence-corrected chi connectivity index (χ1v) is 12.0. The zero-order chi connectivity index (χ0) is 24.0. The molecule has 2 saturated heterocycles. The lowest BCUT2D eigenvalue weighted by Gasteiger charge is -2.33. The van der Waals surface area contributed by atoms with Crippen molar-refractivity contribution in [1.82, 2.24) is 15.1 Å². The number of carbonyl (C=O) groups is 3. The number of hydrogen-bond donors (Lipinski definition) is 1. The maximum atomic E-state index is 14.6. The molecule has 0 radical (unpaired) electrons. The molecule has 2 fully saturated rings. The van der Waals surface area contributed by atoms with E-state index >= 15 is 0 Å². The van der Waals surface area contributed by atoms with E-state index in [0.717, 1.165) is 43.6 Å². The molecule has 3 amide bonds. The van der Waals surface area contributed by atoms with Gasteiger partial charge in [-0.2, -0.15) is 0 Å². The molecule has 5 rings (SSSR count). The number of nitrogens with zero attached hydrogens (tertiary/aromatic N) is 2. The normalized spacial score (nSPS) is 21.7. The Bertz CT molecular complexity index is 1150. The fourth-order valence-corrected chi connectivity index (χ4v) is 5.84. The Morgan fingerprint density at radius 1 is 0.971 bits per heavy atom. The summed E-state index contributed by atoms with van der Waals surface area (Å²) in [6, 6.07) is 8.82. The second-order valence-electron chi connectivity index (χ2n) is 9.97. The van der Waals surface area contributed by atoms with Crippen LogP contribution in [0.15, 0.2) is 30.3 Å². The van der Waals surface area contributed by atoms with Gasteiger partial charge in [-0.15, -0.1) is 0 Å². The maximum absolute atomic E-state index is 14.6. The number of piperidine rings is 2. The van der Waals surface area contributed by atoms with Crippen molar-refractivity contribution in [3.05, 3.63) is 69.5 Å². The molecular formula is C27H30FN3O3. The number of aryl methyl sites for hydroxylation is 2. The van der Waals surface area contributed by atoms with Crippen LogP contribution >= 0.6 is 0 Å². The predicted octanol–water partition coefficient (Wildman–Crippen LogP) is 3.58. The zero-order valence-electron chi connectivity index (χ0n) is 19.7. The zero-order valence-corrected chi connectivity index (χ0v) is 19.7. The van der Waals surface area contributed by atoms with Gasteiger partial charge in [-0.25, -0.2) is 4.39 Å². The SMILES string of the molecule is Cc1cc(C)cc(CN2CCC(c3cc(F)cc4c3CN(C3CCC(=O)NC3=O)C4=O)CC2)c1. The monoisotopic (exact) mass is 463 g/mol. The van der Waals surface area contributed by atoms with Crippen molar-refractivity contribution in [2.75, 3.05) is 13.1 Å². The van der Waals surface area contributed by atoms with E-state index in [4.69, 9.17) is 0 Å². The second-order valence-corrected chi connectivity index (χ2v) is 9.97. The summed E-state index contributed by atoms with van der Waals surface area (Å²) in [6.07, 6.45) is 2.30. The number of nitrogens with one attached hydrogen (secondary N) is 1. The molecule has 6 nitrogen and oxygen atoms in total. The summed E-state index contributed by atoms with van der Waals surface area (Å²) in [5.41, 5.74) is 5.94. The molecule has 2 aromatic carbocycles. The van der Waals surface area contributed by atoms with Gasteiger partial charge < -0.3 is 4.90 Å². The number of benzene rings is 2. The third-order valence-electron chi connectivity index (χ3n) is 7.37. The van der Waals surface area contributed by atoms with Crippen molar-refractivity contribution >= 4 is 17.7 Å². The minimum atomic E-state index is -0.687. The number of likely N-dealkylation sites (tertiary alicyclic amines) is 1. The number of carbonyl (C=O) groups excluding carboxylic acids is 3. The van der Waals surface area contributed by atoms with Crippen molar-refractivity contribution in [3.63, 3.8) is 0 Å². The molecule has 3 aliphatic rings. The molecule has 0 bridgehead atoms. The van der Waals surface area contributed by atoms with Crippen molar-refractivity contribution in [2.24, 2.45) is 0 Å². The van der Waals surface area contributed by atoms with Crippen molar-refractivity contribution in [1.29, 1.82) is 0 Å². The summed E-state index contributed by atoms with van der Waals surface area (Å²) >= 11 is 0. The Kier molecular flexibility index (Phi) is 5.98. The van der Waals surface area contributed by atoms with Crippen molar-refractivity contribution < 1.29 is 18.8 Å². The molecule has 0 spiro atoms. The van der Waals surface area contributed by atoms with Gasteiger partial charge in [-0.3, -0.25) is 24.6 Å². The third kappa shape index (κ3) is 4.37. The second kappa shape index (κ2) is 8.95. The predicted molar refractivity (Wildman–Crippen MR) is 126 cm³/mol. The van der Waals surface area contributed by atoms with Crippen LogP contribution in [-0.2, 0) is 22.7 Å². The van der Waals surface area contributed by atoms with Crippen LogP contribution in [0.2, 0.25) is 0 Å². The summed E-state index contributed by atoms with van der Waals surface area (Å²) in [4.78, 5) is 40.9. The summed E-state index contributed by atoms with van der Waals surface area (Å²) < 4.78 is 14.6. The highest BCUT2D eigenvalue weighted by molar-refractivity contribution is 6.05. The van der Waals surface area contributed by atoms with Gasteiger partial charge in [0.1, 0.15) is 11.9 Å². The van der Waals surface area contributed by atoms with Gasteiger partial charge in [0.2, 0.25) is 11.8 Å². The van der Waals surface area contributed by atoms with Gasteiger partial charge >= 0.3 is 0 Å². The number of imide groups is 1. The number of rotatable bonds is 4. The quantitative estimate of drug-likeness (QED) is 0.704. The Hall–Kier alpha value is -3.06. The first-order valence-electron chi connectivity index (χ1n) is 12.0. The van der Waals surface area contributed by atoms with Crippen LogP contribution in [-0.4, -0.2) is 46.7 Å². The molecule has 1 unspecified atom stereocenters. The van der Waals surface area contributed by atoms with E-state index in [2.05, 4.69) is 42.3 Å². The lowest BCUT2D eigenvalue weighted by Crippen LogP contribution is -2.52. The average molecular weight is 464 g/mol. The lowest BCUT2D eigenvalue weighted by atomic mass is 9.85. The fraction of sp³-hybridized carbons (Fsp3) is 0.444. The Morgan fingerprint density at radius 3 is 2.35 bits per heavy atom. The van der Waals surface area contributed by atoms with E-state index in [-0.39, 0.29) is 24.2 Å². The third-order valence-corrected chi connectivity index (χ3v) is 7.37. The summed E-state index contributed by atoms with van der Waals surface area (Å²) in [7, 11) is 0. The van der Waals surface area contributed by atoms with E-state index < -0.39 is 17.8 Å². The van der Waals surface area contributed by atoms with E-state index in [1.54, 1.807) is 6.07 Å². The van der Waals surface area contributed by atoms with Crippen molar-refractivity contribution in [2.45, 2.75) is 64.6 Å². The molecular weight excluding hydrogens is 433 g/mol. The standard InChI is InChI=1S/C27H30FN3O3/c1-16-9-17(2)11-18(10-16)14-30-7-5-19(6-8-30)21-12-20(28)13-22-23(21)15-31(27(22)34)24-3-4-25(32)29-26(24)33/h9-13,19,24H,3-8,14-15H2,1-2H3,(H,29,32,33). The van der Waals surface area contributed by atoms with Crippen LogP contribution in [0.5, 0.6) is 0 Å². The molecule has 3 aliphatic heterocycles. The van der Waals surface area contributed by atoms with Crippen LogP contribution in [0.25, 0.3) is 0 Å². The van der Waals surface area contributed by atoms with Gasteiger partial charge in [0.25, 0.3) is 5.91 Å². The number of halogens is 1. The molecule has 3 heterocycles. The highest BCUT2D eigenvalue weighted by atomic mass is 19.1. The number of hydrogen-bond acceptors (Lipinski definition) is 4. The topological polar surface area (TPSA) is 69.7 Å². The lowest BCUT2D eigenvalue weighted by molar-refractivity contribution is -0.136. The molecule has 2 aromatic rings. The van der Waals surface area contributed by atoms with E-state index in [0.29, 0.717) is 18.5 Å². The molecule has 0 aliphatic carbocycles. The largest absolute Gasteiger partial charge is 0.322 e. The molecule has 34 heavy (non-hydrogen) atoms. The highest BCUT2D eigenvalue weighted by Crippen LogP contribution is 2.38. The number of fused-ring (bicyclic) bond motifs is 1. The Morgan fingerprint density at radius 2 is 1.68 bits per heavy atom. The minimum absolute atomic E-state index is 0.175. The van der Waals surface area contributed by atoms with Gasteiger partial charge in [-0.1, -0.05) is 29.3 Å². The fourth-order valence-electron chi connectivity index (χ4n) is 5.84. The van der Waals surface area contributed by atoms with Crippen LogP contribution in [0.3, 0.4) is 0 Å². The molecule has 1 atom stereocenters. The summed E-state index contributed by atoms with van der Waals surface area (Å²) in [6.45, 7) is 7.25. The summed E-state index contributed by atoms with van der Waals surface area (Å²) in [5.74, 6) is -1.32. The van der Waals surface area contributed by atoms with E-state index in [1.165, 1.54) is 27.7 Å². The number of amides is 3. The summed E-state index contributed by atoms with van der Waals surface area (Å²) in [5, 5.41) is 2.32. The first-order chi connectivity index (χ1) is 16.3. The highest BCUT2D eigenvalue weighted by Gasteiger charge is 2.41. The van der Waals surface area contributed by atoms with Crippen LogP contribution in [0.4, 0.5) is 4.39 Å². The van der Waals surface area contributed by atoms with E-state index in [9.17, 15) is 18.8 Å². The molecule has 178 valence electrons. The maximum Gasteiger partial charge on any atom is 0.255 e. The first kappa shape index (κ1) is 22.7. The van der Waals surface area contributed by atoms with Crippen molar-refractivity contribution in [3.8, 4) is 0 Å². The van der Waals surface area contributed by atoms with Crippen LogP contribution in [0, 0.1) is 19.7 Å².